The maximum absolute atomic E-state index is 12.9. The van der Waals surface area contributed by atoms with Crippen molar-refractivity contribution in [1.29, 1.82) is 0 Å². The van der Waals surface area contributed by atoms with Gasteiger partial charge in [-0.15, -0.1) is 0 Å². The van der Waals surface area contributed by atoms with Crippen LogP contribution < -0.4 is 19.5 Å². The van der Waals surface area contributed by atoms with Gasteiger partial charge in [0, 0.05) is 11.1 Å². The van der Waals surface area contributed by atoms with E-state index >= 15 is 0 Å². The summed E-state index contributed by atoms with van der Waals surface area (Å²) in [4.78, 5) is 12.9. The molecule has 1 amide bonds. The van der Waals surface area contributed by atoms with Crippen molar-refractivity contribution in [3.05, 3.63) is 82.4 Å². The lowest BCUT2D eigenvalue weighted by molar-refractivity contribution is 0.102. The van der Waals surface area contributed by atoms with Crippen LogP contribution in [0.1, 0.15) is 39.5 Å². The van der Waals surface area contributed by atoms with Gasteiger partial charge in [-0.05, 0) is 80.8 Å². The van der Waals surface area contributed by atoms with Crippen LogP contribution in [-0.4, -0.2) is 19.6 Å². The Morgan fingerprint density at radius 3 is 2.42 bits per heavy atom. The smallest absolute Gasteiger partial charge is 0.255 e. The summed E-state index contributed by atoms with van der Waals surface area (Å²) in [5.74, 6) is 1.93. The molecule has 0 aliphatic carbocycles. The van der Waals surface area contributed by atoms with E-state index in [9.17, 15) is 4.79 Å². The summed E-state index contributed by atoms with van der Waals surface area (Å²) in [6.07, 6.45) is 0. The molecular weight excluding hydrogens is 390 g/mol. The molecule has 0 aromatic heterocycles. The fourth-order valence-corrected chi connectivity index (χ4v) is 3.38. The number of rotatable bonds is 8. The van der Waals surface area contributed by atoms with Gasteiger partial charge in [-0.3, -0.25) is 4.79 Å². The zero-order valence-corrected chi connectivity index (χ0v) is 18.7. The summed E-state index contributed by atoms with van der Waals surface area (Å²) in [5, 5.41) is 2.91. The van der Waals surface area contributed by atoms with Crippen molar-refractivity contribution in [1.82, 2.24) is 0 Å². The van der Waals surface area contributed by atoms with E-state index in [0.29, 0.717) is 36.0 Å². The number of carbonyl (C=O) groups excluding carboxylic acids is 1. The van der Waals surface area contributed by atoms with Crippen LogP contribution in [0.3, 0.4) is 0 Å². The van der Waals surface area contributed by atoms with Gasteiger partial charge in [0.05, 0.1) is 19.4 Å². The minimum atomic E-state index is -0.226. The molecule has 162 valence electrons. The SMILES string of the molecule is CCOc1ccc(C(=O)Nc2ccccc2OC)cc1COc1cc(C)cc(C)c1C. The number of amides is 1. The normalized spacial score (nSPS) is 10.5. The number of nitrogens with one attached hydrogen (secondary N) is 1. The van der Waals surface area contributed by atoms with E-state index in [4.69, 9.17) is 14.2 Å². The van der Waals surface area contributed by atoms with Crippen LogP contribution in [0, 0.1) is 20.8 Å². The summed E-state index contributed by atoms with van der Waals surface area (Å²) in [6.45, 7) is 8.93. The fourth-order valence-electron chi connectivity index (χ4n) is 3.38. The number of carbonyl (C=O) groups is 1. The summed E-state index contributed by atoms with van der Waals surface area (Å²) in [7, 11) is 1.58. The third-order valence-electron chi connectivity index (χ3n) is 5.12. The highest BCUT2D eigenvalue weighted by Crippen LogP contribution is 2.28. The lowest BCUT2D eigenvalue weighted by atomic mass is 10.1. The Hall–Kier alpha value is -3.47. The fraction of sp³-hybridized carbons (Fsp3) is 0.269. The van der Waals surface area contributed by atoms with Crippen LogP contribution in [-0.2, 0) is 6.61 Å². The first-order valence-corrected chi connectivity index (χ1v) is 10.3. The summed E-state index contributed by atoms with van der Waals surface area (Å²) >= 11 is 0. The molecule has 3 aromatic rings. The Kier molecular flexibility index (Phi) is 7.19. The third-order valence-corrected chi connectivity index (χ3v) is 5.12. The lowest BCUT2D eigenvalue weighted by Gasteiger charge is -2.16. The van der Waals surface area contributed by atoms with E-state index in [1.165, 1.54) is 5.56 Å². The van der Waals surface area contributed by atoms with Gasteiger partial charge in [0.2, 0.25) is 0 Å². The van der Waals surface area contributed by atoms with Crippen LogP contribution in [0.4, 0.5) is 5.69 Å². The molecule has 3 aromatic carbocycles. The molecule has 31 heavy (non-hydrogen) atoms. The van der Waals surface area contributed by atoms with Crippen molar-refractivity contribution in [3.63, 3.8) is 0 Å². The van der Waals surface area contributed by atoms with Gasteiger partial charge in [-0.1, -0.05) is 18.2 Å². The Morgan fingerprint density at radius 1 is 0.903 bits per heavy atom. The van der Waals surface area contributed by atoms with E-state index < -0.39 is 0 Å². The van der Waals surface area contributed by atoms with Crippen LogP contribution in [0.25, 0.3) is 0 Å². The molecule has 5 nitrogen and oxygen atoms in total. The Morgan fingerprint density at radius 2 is 1.68 bits per heavy atom. The molecule has 0 spiro atoms. The van der Waals surface area contributed by atoms with Crippen molar-refractivity contribution >= 4 is 11.6 Å². The molecule has 0 atom stereocenters. The molecule has 0 fully saturated rings. The number of benzene rings is 3. The van der Waals surface area contributed by atoms with Crippen LogP contribution in [0.2, 0.25) is 0 Å². The van der Waals surface area contributed by atoms with Gasteiger partial charge in [0.25, 0.3) is 5.91 Å². The van der Waals surface area contributed by atoms with Crippen molar-refractivity contribution in [2.75, 3.05) is 19.0 Å². The maximum atomic E-state index is 12.9. The van der Waals surface area contributed by atoms with Crippen LogP contribution >= 0.6 is 0 Å². The first-order valence-electron chi connectivity index (χ1n) is 10.3. The van der Waals surface area contributed by atoms with E-state index in [0.717, 1.165) is 22.4 Å². The molecule has 0 heterocycles. The lowest BCUT2D eigenvalue weighted by Crippen LogP contribution is -2.13. The molecular formula is C26H29NO4. The highest BCUT2D eigenvalue weighted by molar-refractivity contribution is 6.05. The number of para-hydroxylation sites is 2. The zero-order valence-electron chi connectivity index (χ0n) is 18.7. The Bertz CT molecular complexity index is 1070. The predicted octanol–water partition coefficient (Wildman–Crippen LogP) is 5.85. The number of methoxy groups -OCH3 is 1. The second-order valence-electron chi connectivity index (χ2n) is 7.40. The highest BCUT2D eigenvalue weighted by atomic mass is 16.5. The number of hydrogen-bond donors (Lipinski definition) is 1. The summed E-state index contributed by atoms with van der Waals surface area (Å²) in [6, 6.07) is 16.9. The molecule has 0 saturated carbocycles. The Balaban J connectivity index is 1.84. The molecule has 0 saturated heterocycles. The highest BCUT2D eigenvalue weighted by Gasteiger charge is 2.14. The Labute approximate surface area is 184 Å². The summed E-state index contributed by atoms with van der Waals surface area (Å²) in [5.41, 5.74) is 5.39. The number of ether oxygens (including phenoxy) is 3. The molecule has 0 aliphatic heterocycles. The number of hydrogen-bond acceptors (Lipinski definition) is 4. The number of aryl methyl sites for hydroxylation is 2. The monoisotopic (exact) mass is 419 g/mol. The minimum absolute atomic E-state index is 0.226. The molecule has 0 bridgehead atoms. The summed E-state index contributed by atoms with van der Waals surface area (Å²) < 4.78 is 17.2. The predicted molar refractivity (Wildman–Crippen MR) is 124 cm³/mol. The molecule has 0 unspecified atom stereocenters. The van der Waals surface area contributed by atoms with Gasteiger partial charge in [-0.25, -0.2) is 0 Å². The second kappa shape index (κ2) is 10.0. The van der Waals surface area contributed by atoms with Crippen LogP contribution in [0.15, 0.2) is 54.6 Å². The van der Waals surface area contributed by atoms with E-state index in [1.54, 1.807) is 25.3 Å². The first kappa shape index (κ1) is 22.2. The van der Waals surface area contributed by atoms with Crippen LogP contribution in [0.5, 0.6) is 17.2 Å². The third kappa shape index (κ3) is 5.37. The van der Waals surface area contributed by atoms with Crippen molar-refractivity contribution in [2.24, 2.45) is 0 Å². The van der Waals surface area contributed by atoms with E-state index in [-0.39, 0.29) is 5.91 Å². The molecule has 0 radical (unpaired) electrons. The minimum Gasteiger partial charge on any atom is -0.495 e. The molecule has 3 rings (SSSR count). The molecule has 0 aliphatic rings. The van der Waals surface area contributed by atoms with E-state index in [2.05, 4.69) is 18.3 Å². The average molecular weight is 420 g/mol. The standard InChI is InChI=1S/C26H29NO4/c1-6-30-23-12-11-20(26(28)27-22-9-7-8-10-24(22)29-5)15-21(23)16-31-25-14-17(2)13-18(3)19(25)4/h7-15H,6,16H2,1-5H3,(H,27,28). The molecule has 1 N–H and O–H groups in total. The average Bonchev–Trinajstić information content (AvgIpc) is 2.76. The zero-order chi connectivity index (χ0) is 22.4. The largest absolute Gasteiger partial charge is 0.495 e. The topological polar surface area (TPSA) is 56.8 Å². The van der Waals surface area contributed by atoms with Gasteiger partial charge in [0.1, 0.15) is 23.9 Å². The van der Waals surface area contributed by atoms with Gasteiger partial charge in [-0.2, -0.15) is 0 Å². The quantitative estimate of drug-likeness (QED) is 0.498. The van der Waals surface area contributed by atoms with Gasteiger partial charge < -0.3 is 19.5 Å². The first-order chi connectivity index (χ1) is 14.9. The maximum Gasteiger partial charge on any atom is 0.255 e. The van der Waals surface area contributed by atoms with E-state index in [1.807, 2.05) is 51.1 Å². The van der Waals surface area contributed by atoms with Crippen molar-refractivity contribution < 1.29 is 19.0 Å². The van der Waals surface area contributed by atoms with Crippen molar-refractivity contribution in [2.45, 2.75) is 34.3 Å². The van der Waals surface area contributed by atoms with Gasteiger partial charge in [0.15, 0.2) is 0 Å². The number of anilines is 1. The molecule has 5 heteroatoms. The van der Waals surface area contributed by atoms with Crippen molar-refractivity contribution in [3.8, 4) is 17.2 Å². The van der Waals surface area contributed by atoms with Gasteiger partial charge >= 0.3 is 0 Å². The second-order valence-corrected chi connectivity index (χ2v) is 7.40.